The molecule has 0 bridgehead atoms. The van der Waals surface area contributed by atoms with Gasteiger partial charge in [0.05, 0.1) is 0 Å². The Morgan fingerprint density at radius 2 is 1.50 bits per heavy atom. The molecule has 0 aliphatic carbocycles. The third-order valence-electron chi connectivity index (χ3n) is 2.81. The van der Waals surface area contributed by atoms with Crippen LogP contribution in [-0.4, -0.2) is 0 Å². The van der Waals surface area contributed by atoms with E-state index < -0.39 is 0 Å². The summed E-state index contributed by atoms with van der Waals surface area (Å²) in [6.45, 7) is 4.30. The Bertz CT molecular complexity index is 474. The minimum Gasteiger partial charge on any atom is -0.355 e. The first-order valence-electron chi connectivity index (χ1n) is 5.72. The molecule has 0 aliphatic heterocycles. The van der Waals surface area contributed by atoms with Crippen molar-refractivity contribution in [2.75, 3.05) is 5.32 Å². The van der Waals surface area contributed by atoms with Crippen LogP contribution in [0.5, 0.6) is 0 Å². The third kappa shape index (κ3) is 2.25. The van der Waals surface area contributed by atoms with Crippen molar-refractivity contribution in [2.24, 2.45) is 0 Å². The lowest BCUT2D eigenvalue weighted by Crippen LogP contribution is -1.96. The van der Waals surface area contributed by atoms with Crippen LogP contribution in [0.1, 0.15) is 18.1 Å². The molecule has 16 heavy (non-hydrogen) atoms. The van der Waals surface area contributed by atoms with Gasteiger partial charge in [-0.1, -0.05) is 43.3 Å². The molecule has 0 amide bonds. The Morgan fingerprint density at radius 1 is 0.875 bits per heavy atom. The van der Waals surface area contributed by atoms with Crippen LogP contribution < -0.4 is 5.32 Å². The average molecular weight is 211 g/mol. The number of hydrogen-bond acceptors (Lipinski definition) is 1. The third-order valence-corrected chi connectivity index (χ3v) is 2.81. The van der Waals surface area contributed by atoms with Crippen LogP contribution in [0, 0.1) is 6.92 Å². The zero-order valence-corrected chi connectivity index (χ0v) is 9.83. The fraction of sp³-hybridized carbons (Fsp3) is 0.200. The maximum atomic E-state index is 3.49. The zero-order chi connectivity index (χ0) is 11.4. The second-order valence-corrected chi connectivity index (χ2v) is 3.95. The molecule has 0 heterocycles. The molecular formula is C15H17N. The first kappa shape index (κ1) is 10.7. The topological polar surface area (TPSA) is 12.0 Å². The van der Waals surface area contributed by atoms with Gasteiger partial charge >= 0.3 is 0 Å². The Balaban J connectivity index is 2.30. The number of hydrogen-bond donors (Lipinski definition) is 1. The van der Waals surface area contributed by atoms with Gasteiger partial charge in [-0.2, -0.15) is 0 Å². The molecule has 2 aromatic carbocycles. The van der Waals surface area contributed by atoms with Crippen molar-refractivity contribution in [1.82, 2.24) is 0 Å². The second kappa shape index (κ2) is 4.84. The summed E-state index contributed by atoms with van der Waals surface area (Å²) in [5.74, 6) is 0. The molecule has 1 nitrogen and oxygen atoms in total. The van der Waals surface area contributed by atoms with Gasteiger partial charge < -0.3 is 5.32 Å². The Kier molecular flexibility index (Phi) is 3.25. The van der Waals surface area contributed by atoms with Gasteiger partial charge in [-0.15, -0.1) is 0 Å². The molecule has 0 spiro atoms. The van der Waals surface area contributed by atoms with Crippen molar-refractivity contribution in [1.29, 1.82) is 0 Å². The fourth-order valence-corrected chi connectivity index (χ4v) is 1.81. The molecule has 0 saturated carbocycles. The highest BCUT2D eigenvalue weighted by molar-refractivity contribution is 5.65. The van der Waals surface area contributed by atoms with Gasteiger partial charge in [0.1, 0.15) is 0 Å². The SMILES string of the molecule is CCc1ccccc1Nc1ccccc1C. The molecule has 1 heteroatoms. The van der Waals surface area contributed by atoms with Gasteiger partial charge in [0.15, 0.2) is 0 Å². The Hall–Kier alpha value is -1.76. The number of rotatable bonds is 3. The number of para-hydroxylation sites is 2. The summed E-state index contributed by atoms with van der Waals surface area (Å²) in [7, 11) is 0. The van der Waals surface area contributed by atoms with E-state index in [-0.39, 0.29) is 0 Å². The smallest absolute Gasteiger partial charge is 0.0416 e. The van der Waals surface area contributed by atoms with E-state index in [9.17, 15) is 0 Å². The van der Waals surface area contributed by atoms with Crippen molar-refractivity contribution in [3.8, 4) is 0 Å². The first-order chi connectivity index (χ1) is 7.81. The average Bonchev–Trinajstić information content (AvgIpc) is 2.33. The molecule has 2 rings (SSSR count). The molecule has 0 radical (unpaired) electrons. The molecule has 0 fully saturated rings. The Morgan fingerprint density at radius 3 is 2.19 bits per heavy atom. The van der Waals surface area contributed by atoms with E-state index in [4.69, 9.17) is 0 Å². The molecule has 2 aromatic rings. The van der Waals surface area contributed by atoms with E-state index in [0.29, 0.717) is 0 Å². The van der Waals surface area contributed by atoms with Crippen molar-refractivity contribution in [3.63, 3.8) is 0 Å². The highest BCUT2D eigenvalue weighted by Crippen LogP contribution is 2.23. The van der Waals surface area contributed by atoms with Gasteiger partial charge in [0.25, 0.3) is 0 Å². The van der Waals surface area contributed by atoms with Crippen LogP contribution in [0.15, 0.2) is 48.5 Å². The maximum Gasteiger partial charge on any atom is 0.0416 e. The van der Waals surface area contributed by atoms with Crippen molar-refractivity contribution < 1.29 is 0 Å². The lowest BCUT2D eigenvalue weighted by atomic mass is 10.1. The number of benzene rings is 2. The number of nitrogens with one attached hydrogen (secondary N) is 1. The molecular weight excluding hydrogens is 194 g/mol. The van der Waals surface area contributed by atoms with Gasteiger partial charge in [0.2, 0.25) is 0 Å². The first-order valence-corrected chi connectivity index (χ1v) is 5.72. The van der Waals surface area contributed by atoms with Gasteiger partial charge in [-0.25, -0.2) is 0 Å². The van der Waals surface area contributed by atoms with E-state index >= 15 is 0 Å². The summed E-state index contributed by atoms with van der Waals surface area (Å²) >= 11 is 0. The minimum absolute atomic E-state index is 1.05. The summed E-state index contributed by atoms with van der Waals surface area (Å²) in [4.78, 5) is 0. The molecule has 0 unspecified atom stereocenters. The van der Waals surface area contributed by atoms with E-state index in [1.165, 1.54) is 22.5 Å². The summed E-state index contributed by atoms with van der Waals surface area (Å²) < 4.78 is 0. The van der Waals surface area contributed by atoms with Crippen molar-refractivity contribution in [2.45, 2.75) is 20.3 Å². The highest BCUT2D eigenvalue weighted by Gasteiger charge is 2.01. The quantitative estimate of drug-likeness (QED) is 0.798. The highest BCUT2D eigenvalue weighted by atomic mass is 14.9. The van der Waals surface area contributed by atoms with Crippen molar-refractivity contribution in [3.05, 3.63) is 59.7 Å². The number of aryl methyl sites for hydroxylation is 2. The van der Waals surface area contributed by atoms with Gasteiger partial charge in [-0.05, 0) is 36.6 Å². The van der Waals surface area contributed by atoms with Gasteiger partial charge in [-0.3, -0.25) is 0 Å². The molecule has 0 aliphatic rings. The second-order valence-electron chi connectivity index (χ2n) is 3.95. The van der Waals surface area contributed by atoms with Crippen LogP contribution in [0.25, 0.3) is 0 Å². The summed E-state index contributed by atoms with van der Waals surface area (Å²) in [5.41, 5.74) is 5.02. The lowest BCUT2D eigenvalue weighted by molar-refractivity contribution is 1.14. The standard InChI is InChI=1S/C15H17N/c1-3-13-9-5-7-11-15(13)16-14-10-6-4-8-12(14)2/h4-11,16H,3H2,1-2H3. The summed E-state index contributed by atoms with van der Waals surface area (Å²) in [5, 5.41) is 3.49. The summed E-state index contributed by atoms with van der Waals surface area (Å²) in [6, 6.07) is 16.8. The van der Waals surface area contributed by atoms with E-state index in [2.05, 4.69) is 67.7 Å². The molecule has 0 saturated heterocycles. The number of anilines is 2. The predicted octanol–water partition coefficient (Wildman–Crippen LogP) is 4.30. The maximum absolute atomic E-state index is 3.49. The lowest BCUT2D eigenvalue weighted by Gasteiger charge is -2.12. The zero-order valence-electron chi connectivity index (χ0n) is 9.83. The molecule has 0 atom stereocenters. The molecule has 82 valence electrons. The molecule has 1 N–H and O–H groups in total. The van der Waals surface area contributed by atoms with E-state index in [1.54, 1.807) is 0 Å². The van der Waals surface area contributed by atoms with Crippen LogP contribution in [-0.2, 0) is 6.42 Å². The monoisotopic (exact) mass is 211 g/mol. The van der Waals surface area contributed by atoms with Crippen LogP contribution in [0.2, 0.25) is 0 Å². The van der Waals surface area contributed by atoms with E-state index in [1.807, 2.05) is 0 Å². The van der Waals surface area contributed by atoms with Crippen molar-refractivity contribution >= 4 is 11.4 Å². The largest absolute Gasteiger partial charge is 0.355 e. The molecule has 0 aromatic heterocycles. The fourth-order valence-electron chi connectivity index (χ4n) is 1.81. The van der Waals surface area contributed by atoms with E-state index in [0.717, 1.165) is 6.42 Å². The Labute approximate surface area is 97.1 Å². The normalized spacial score (nSPS) is 10.1. The van der Waals surface area contributed by atoms with Gasteiger partial charge in [0, 0.05) is 11.4 Å². The van der Waals surface area contributed by atoms with Crippen LogP contribution in [0.4, 0.5) is 11.4 Å². The van der Waals surface area contributed by atoms with Crippen LogP contribution in [0.3, 0.4) is 0 Å². The predicted molar refractivity (Wildman–Crippen MR) is 70.3 cm³/mol. The minimum atomic E-state index is 1.05. The van der Waals surface area contributed by atoms with Crippen LogP contribution >= 0.6 is 0 Å². The summed E-state index contributed by atoms with van der Waals surface area (Å²) in [6.07, 6.45) is 1.05.